The maximum absolute atomic E-state index is 4.37. The van der Waals surface area contributed by atoms with Crippen LogP contribution in [0.25, 0.3) is 0 Å². The first-order chi connectivity index (χ1) is 8.77. The van der Waals surface area contributed by atoms with Crippen molar-refractivity contribution in [1.29, 1.82) is 0 Å². The molecule has 1 heterocycles. The second-order valence-corrected chi connectivity index (χ2v) is 4.82. The van der Waals surface area contributed by atoms with Gasteiger partial charge in [0.15, 0.2) is 0 Å². The summed E-state index contributed by atoms with van der Waals surface area (Å²) in [6, 6.07) is 6.75. The number of likely N-dealkylation sites (N-methyl/N-ethyl adjacent to an activating group) is 1. The molecule has 3 nitrogen and oxygen atoms in total. The second-order valence-electron chi connectivity index (χ2n) is 4.82. The number of hydrogen-bond acceptors (Lipinski definition) is 3. The summed E-state index contributed by atoms with van der Waals surface area (Å²) < 4.78 is 0. The smallest absolute Gasteiger partial charge is 0.0416 e. The van der Waals surface area contributed by atoms with Crippen LogP contribution in [0.4, 0.5) is 0 Å². The van der Waals surface area contributed by atoms with Crippen molar-refractivity contribution in [3.63, 3.8) is 0 Å². The molecule has 1 aromatic rings. The lowest BCUT2D eigenvalue weighted by molar-refractivity contribution is 0.231. The van der Waals surface area contributed by atoms with Gasteiger partial charge in [0.25, 0.3) is 0 Å². The van der Waals surface area contributed by atoms with Crippen molar-refractivity contribution in [3.05, 3.63) is 30.1 Å². The molecule has 1 N–H and O–H groups in total. The Labute approximate surface area is 112 Å². The molecule has 0 saturated carbocycles. The highest BCUT2D eigenvalue weighted by Gasteiger charge is 2.11. The van der Waals surface area contributed by atoms with Crippen LogP contribution in [0.1, 0.15) is 32.4 Å². The molecule has 1 rings (SSSR count). The molecule has 0 saturated heterocycles. The molecule has 1 atom stereocenters. The Hall–Kier alpha value is -0.930. The van der Waals surface area contributed by atoms with E-state index in [2.05, 4.69) is 48.2 Å². The molecular weight excluding hydrogens is 222 g/mol. The van der Waals surface area contributed by atoms with Gasteiger partial charge in [-0.25, -0.2) is 0 Å². The fraction of sp³-hybridized carbons (Fsp3) is 0.667. The molecular formula is C15H27N3. The maximum Gasteiger partial charge on any atom is 0.0416 e. The first-order valence-electron chi connectivity index (χ1n) is 7.08. The molecule has 102 valence electrons. The third kappa shape index (κ3) is 5.61. The van der Waals surface area contributed by atoms with Gasteiger partial charge in [0, 0.05) is 37.4 Å². The molecule has 0 amide bonds. The van der Waals surface area contributed by atoms with Crippen molar-refractivity contribution in [3.8, 4) is 0 Å². The summed E-state index contributed by atoms with van der Waals surface area (Å²) in [6.45, 7) is 7.74. The molecule has 0 fully saturated rings. The van der Waals surface area contributed by atoms with Gasteiger partial charge in [-0.3, -0.25) is 4.98 Å². The van der Waals surface area contributed by atoms with Gasteiger partial charge in [-0.2, -0.15) is 0 Å². The number of hydrogen-bond donors (Lipinski definition) is 1. The molecule has 0 aliphatic carbocycles. The van der Waals surface area contributed by atoms with E-state index >= 15 is 0 Å². The fourth-order valence-electron chi connectivity index (χ4n) is 2.08. The number of pyridine rings is 1. The Morgan fingerprint density at radius 3 is 2.78 bits per heavy atom. The molecule has 0 spiro atoms. The first-order valence-corrected chi connectivity index (χ1v) is 7.08. The van der Waals surface area contributed by atoms with Crippen LogP contribution in [0.3, 0.4) is 0 Å². The Bertz CT molecular complexity index is 300. The van der Waals surface area contributed by atoms with E-state index in [0.717, 1.165) is 26.1 Å². The number of nitrogens with zero attached hydrogens (tertiary/aromatic N) is 2. The van der Waals surface area contributed by atoms with Crippen LogP contribution in [-0.4, -0.2) is 42.6 Å². The molecule has 0 radical (unpaired) electrons. The molecule has 1 unspecified atom stereocenters. The molecule has 0 aromatic carbocycles. The van der Waals surface area contributed by atoms with Gasteiger partial charge in [-0.1, -0.05) is 19.9 Å². The highest BCUT2D eigenvalue weighted by Crippen LogP contribution is 2.03. The Balaban J connectivity index is 2.30. The highest BCUT2D eigenvalue weighted by molar-refractivity contribution is 5.03. The van der Waals surface area contributed by atoms with Crippen LogP contribution >= 0.6 is 0 Å². The topological polar surface area (TPSA) is 28.2 Å². The van der Waals surface area contributed by atoms with Gasteiger partial charge in [0.1, 0.15) is 0 Å². The van der Waals surface area contributed by atoms with E-state index < -0.39 is 0 Å². The zero-order valence-electron chi connectivity index (χ0n) is 12.0. The average Bonchev–Trinajstić information content (AvgIpc) is 2.42. The maximum atomic E-state index is 4.37. The fourth-order valence-corrected chi connectivity index (χ4v) is 2.08. The SMILES string of the molecule is CCCNCC(CC)N(C)CCc1ccccn1. The quantitative estimate of drug-likeness (QED) is 0.681. The van der Waals surface area contributed by atoms with Gasteiger partial charge in [-0.05, 0) is 38.6 Å². The number of rotatable bonds is 9. The highest BCUT2D eigenvalue weighted by atomic mass is 15.1. The largest absolute Gasteiger partial charge is 0.315 e. The summed E-state index contributed by atoms with van der Waals surface area (Å²) >= 11 is 0. The monoisotopic (exact) mass is 249 g/mol. The van der Waals surface area contributed by atoms with Crippen LogP contribution < -0.4 is 5.32 Å². The van der Waals surface area contributed by atoms with Crippen LogP contribution in [0.5, 0.6) is 0 Å². The van der Waals surface area contributed by atoms with Crippen molar-refractivity contribution in [2.75, 3.05) is 26.7 Å². The molecule has 18 heavy (non-hydrogen) atoms. The predicted octanol–water partition coefficient (Wildman–Crippen LogP) is 2.33. The van der Waals surface area contributed by atoms with Crippen molar-refractivity contribution in [2.45, 2.75) is 39.2 Å². The van der Waals surface area contributed by atoms with E-state index in [0.29, 0.717) is 6.04 Å². The van der Waals surface area contributed by atoms with E-state index in [1.165, 1.54) is 18.5 Å². The minimum absolute atomic E-state index is 0.625. The third-order valence-corrected chi connectivity index (χ3v) is 3.35. The summed E-state index contributed by atoms with van der Waals surface area (Å²) in [4.78, 5) is 6.81. The Kier molecular flexibility index (Phi) is 7.62. The lowest BCUT2D eigenvalue weighted by Crippen LogP contribution is -2.40. The molecule has 1 aromatic heterocycles. The predicted molar refractivity (Wildman–Crippen MR) is 77.8 cm³/mol. The summed E-state index contributed by atoms with van der Waals surface area (Å²) in [6.07, 6.45) is 5.29. The van der Waals surface area contributed by atoms with E-state index in [-0.39, 0.29) is 0 Å². The number of aromatic nitrogens is 1. The molecule has 0 aliphatic rings. The van der Waals surface area contributed by atoms with Gasteiger partial charge >= 0.3 is 0 Å². The lowest BCUT2D eigenvalue weighted by Gasteiger charge is -2.27. The minimum atomic E-state index is 0.625. The Morgan fingerprint density at radius 2 is 2.17 bits per heavy atom. The van der Waals surface area contributed by atoms with Crippen molar-refractivity contribution in [1.82, 2.24) is 15.2 Å². The van der Waals surface area contributed by atoms with Crippen molar-refractivity contribution >= 4 is 0 Å². The van der Waals surface area contributed by atoms with Gasteiger partial charge in [0.2, 0.25) is 0 Å². The van der Waals surface area contributed by atoms with E-state index in [4.69, 9.17) is 0 Å². The summed E-state index contributed by atoms with van der Waals surface area (Å²) in [5, 5.41) is 3.51. The van der Waals surface area contributed by atoms with Gasteiger partial charge in [0.05, 0.1) is 0 Å². The van der Waals surface area contributed by atoms with E-state index in [1.807, 2.05) is 12.3 Å². The van der Waals surface area contributed by atoms with Gasteiger partial charge in [-0.15, -0.1) is 0 Å². The summed E-state index contributed by atoms with van der Waals surface area (Å²) in [5.74, 6) is 0. The van der Waals surface area contributed by atoms with Crippen molar-refractivity contribution in [2.24, 2.45) is 0 Å². The standard InChI is InChI=1S/C15H27N3/c1-4-10-16-13-15(5-2)18(3)12-9-14-8-6-7-11-17-14/h6-8,11,15-16H,4-5,9-10,12-13H2,1-3H3. The summed E-state index contributed by atoms with van der Waals surface area (Å²) in [5.41, 5.74) is 1.18. The van der Waals surface area contributed by atoms with Crippen LogP contribution in [-0.2, 0) is 6.42 Å². The third-order valence-electron chi connectivity index (χ3n) is 3.35. The lowest BCUT2D eigenvalue weighted by atomic mass is 10.1. The van der Waals surface area contributed by atoms with Crippen LogP contribution in [0, 0.1) is 0 Å². The van der Waals surface area contributed by atoms with E-state index in [9.17, 15) is 0 Å². The summed E-state index contributed by atoms with van der Waals surface area (Å²) in [7, 11) is 2.21. The molecule has 0 aliphatic heterocycles. The normalized spacial score (nSPS) is 12.9. The zero-order valence-corrected chi connectivity index (χ0v) is 12.0. The first kappa shape index (κ1) is 15.1. The average molecular weight is 249 g/mol. The van der Waals surface area contributed by atoms with Gasteiger partial charge < -0.3 is 10.2 Å². The van der Waals surface area contributed by atoms with E-state index in [1.54, 1.807) is 0 Å². The zero-order chi connectivity index (χ0) is 13.2. The second kappa shape index (κ2) is 9.06. The molecule has 0 bridgehead atoms. The van der Waals surface area contributed by atoms with Crippen LogP contribution in [0.2, 0.25) is 0 Å². The van der Waals surface area contributed by atoms with Crippen molar-refractivity contribution < 1.29 is 0 Å². The number of nitrogens with one attached hydrogen (secondary N) is 1. The molecule has 3 heteroatoms. The minimum Gasteiger partial charge on any atom is -0.315 e. The van der Waals surface area contributed by atoms with Crippen LogP contribution in [0.15, 0.2) is 24.4 Å². The Morgan fingerprint density at radius 1 is 1.33 bits per heavy atom.